The van der Waals surface area contributed by atoms with Crippen molar-refractivity contribution in [3.63, 3.8) is 0 Å². The van der Waals surface area contributed by atoms with E-state index in [1.807, 2.05) is 6.26 Å². The summed E-state index contributed by atoms with van der Waals surface area (Å²) in [6.07, 6.45) is 7.47. The van der Waals surface area contributed by atoms with Gasteiger partial charge in [-0.2, -0.15) is 0 Å². The van der Waals surface area contributed by atoms with Crippen LogP contribution in [0.2, 0.25) is 0 Å². The zero-order chi connectivity index (χ0) is 19.8. The van der Waals surface area contributed by atoms with Gasteiger partial charge in [-0.25, -0.2) is 0 Å². The van der Waals surface area contributed by atoms with Gasteiger partial charge in [-0.15, -0.1) is 0 Å². The van der Waals surface area contributed by atoms with Gasteiger partial charge < -0.3 is 5.11 Å². The highest BCUT2D eigenvalue weighted by Crippen LogP contribution is 2.31. The van der Waals surface area contributed by atoms with Gasteiger partial charge in [-0.1, -0.05) is 60.7 Å². The van der Waals surface area contributed by atoms with Crippen molar-refractivity contribution in [3.8, 4) is 0 Å². The van der Waals surface area contributed by atoms with E-state index >= 15 is 0 Å². The number of hydrogen-bond donors (Lipinski definition) is 1. The lowest BCUT2D eigenvalue weighted by molar-refractivity contribution is -0.111. The number of aldehydes is 1. The van der Waals surface area contributed by atoms with E-state index in [0.29, 0.717) is 18.2 Å². The maximum absolute atomic E-state index is 10.8. The summed E-state index contributed by atoms with van der Waals surface area (Å²) in [5, 5.41) is 9.76. The third-order valence-electron chi connectivity index (χ3n) is 5.82. The molecular formula is C24H32NO2S+. The van der Waals surface area contributed by atoms with Crippen LogP contribution in [0.5, 0.6) is 0 Å². The summed E-state index contributed by atoms with van der Waals surface area (Å²) in [6, 6.07) is 22.1. The molecule has 2 aromatic carbocycles. The summed E-state index contributed by atoms with van der Waals surface area (Å²) in [7, 11) is -0.223. The van der Waals surface area contributed by atoms with Gasteiger partial charge in [0.05, 0.1) is 0 Å². The van der Waals surface area contributed by atoms with Crippen LogP contribution in [-0.2, 0) is 28.8 Å². The first-order valence-corrected chi connectivity index (χ1v) is 12.1. The van der Waals surface area contributed by atoms with Crippen molar-refractivity contribution in [2.75, 3.05) is 12.0 Å². The predicted octanol–water partition coefficient (Wildman–Crippen LogP) is 4.01. The quantitative estimate of drug-likeness (QED) is 0.512. The largest absolute Gasteiger partial charge is 0.344 e. The smallest absolute Gasteiger partial charge is 0.272 e. The maximum atomic E-state index is 10.8. The molecule has 1 N–H and O–H groups in total. The van der Waals surface area contributed by atoms with Crippen molar-refractivity contribution in [1.82, 2.24) is 4.90 Å². The van der Waals surface area contributed by atoms with E-state index in [0.717, 1.165) is 18.8 Å². The highest BCUT2D eigenvalue weighted by atomic mass is 32.2. The summed E-state index contributed by atoms with van der Waals surface area (Å²) in [4.78, 5) is 13.5. The van der Waals surface area contributed by atoms with Gasteiger partial charge in [0.25, 0.3) is 5.44 Å². The van der Waals surface area contributed by atoms with Crippen LogP contribution in [0, 0.1) is 5.92 Å². The van der Waals surface area contributed by atoms with Crippen LogP contribution in [0.15, 0.2) is 60.7 Å². The van der Waals surface area contributed by atoms with E-state index in [4.69, 9.17) is 0 Å². The van der Waals surface area contributed by atoms with Crippen LogP contribution in [0.3, 0.4) is 0 Å². The number of hydrogen-bond acceptors (Lipinski definition) is 3. The lowest BCUT2D eigenvalue weighted by Crippen LogP contribution is -2.39. The van der Waals surface area contributed by atoms with Crippen molar-refractivity contribution in [2.45, 2.75) is 50.3 Å². The number of aliphatic hydroxyl groups excluding tert-OH is 1. The van der Waals surface area contributed by atoms with Gasteiger partial charge in [0.15, 0.2) is 6.29 Å². The molecule has 28 heavy (non-hydrogen) atoms. The summed E-state index contributed by atoms with van der Waals surface area (Å²) in [5.41, 5.74) is 1.94. The molecule has 0 spiro atoms. The van der Waals surface area contributed by atoms with E-state index in [9.17, 15) is 9.90 Å². The molecule has 0 aliphatic heterocycles. The molecule has 1 fully saturated rings. The van der Waals surface area contributed by atoms with Gasteiger partial charge in [0.2, 0.25) is 0 Å². The molecule has 0 heterocycles. The third-order valence-corrected chi connectivity index (χ3v) is 7.75. The molecule has 0 radical (unpaired) electrons. The molecule has 150 valence electrons. The Bertz CT molecular complexity index is 660. The van der Waals surface area contributed by atoms with Gasteiger partial charge in [0, 0.05) is 35.9 Å². The molecule has 2 atom stereocenters. The van der Waals surface area contributed by atoms with Crippen molar-refractivity contribution < 1.29 is 9.90 Å². The fraction of sp³-hybridized carbons (Fsp3) is 0.458. The van der Waals surface area contributed by atoms with Crippen molar-refractivity contribution in [3.05, 3.63) is 71.8 Å². The Kier molecular flexibility index (Phi) is 8.13. The highest BCUT2D eigenvalue weighted by Gasteiger charge is 2.32. The summed E-state index contributed by atoms with van der Waals surface area (Å²) in [5.74, 6) is 1.61. The molecule has 4 heteroatoms. The Balaban J connectivity index is 1.61. The molecule has 3 rings (SSSR count). The first kappa shape index (κ1) is 21.1. The Morgan fingerprint density at radius 2 is 1.46 bits per heavy atom. The Hall–Kier alpha value is -1.62. The Labute approximate surface area is 172 Å². The summed E-state index contributed by atoms with van der Waals surface area (Å²) < 4.78 is 0. The SMILES string of the molecule is C[S+](CC1CCC(N(Cc2ccccc2)Cc2ccccc2)CC1)C(O)C=O. The molecule has 1 aliphatic rings. The second-order valence-corrected chi connectivity index (χ2v) is 10.1. The van der Waals surface area contributed by atoms with Crippen LogP contribution >= 0.6 is 0 Å². The molecule has 0 saturated heterocycles. The molecular weight excluding hydrogens is 366 g/mol. The zero-order valence-corrected chi connectivity index (χ0v) is 17.6. The van der Waals surface area contributed by atoms with Crippen LogP contribution in [0.1, 0.15) is 36.8 Å². The zero-order valence-electron chi connectivity index (χ0n) is 16.7. The average molecular weight is 399 g/mol. The molecule has 0 aromatic heterocycles. The second-order valence-electron chi connectivity index (χ2n) is 7.94. The van der Waals surface area contributed by atoms with E-state index in [1.165, 1.54) is 36.8 Å². The van der Waals surface area contributed by atoms with E-state index < -0.39 is 5.44 Å². The topological polar surface area (TPSA) is 40.5 Å². The Morgan fingerprint density at radius 3 is 1.93 bits per heavy atom. The van der Waals surface area contributed by atoms with Crippen molar-refractivity contribution >= 4 is 17.2 Å². The standard InChI is InChI=1S/C24H32NO2S/c1-28(24(27)18-26)19-22-12-14-23(15-13-22)25(16-20-8-4-2-5-9-20)17-21-10-6-3-7-11-21/h2-11,18,22-24,27H,12-17,19H2,1H3/q+1. The number of carbonyl (C=O) groups excluding carboxylic acids is 1. The number of aliphatic hydroxyl groups is 1. The number of nitrogens with zero attached hydrogens (tertiary/aromatic N) is 1. The fourth-order valence-electron chi connectivity index (χ4n) is 4.19. The average Bonchev–Trinajstić information content (AvgIpc) is 2.74. The number of rotatable bonds is 9. The summed E-state index contributed by atoms with van der Waals surface area (Å²) in [6.45, 7) is 1.96. The molecule has 2 aromatic rings. The van der Waals surface area contributed by atoms with E-state index in [-0.39, 0.29) is 10.9 Å². The minimum Gasteiger partial charge on any atom is -0.344 e. The normalized spacial score (nSPS) is 22.0. The van der Waals surface area contributed by atoms with Gasteiger partial charge in [0.1, 0.15) is 12.0 Å². The first-order chi connectivity index (χ1) is 13.7. The van der Waals surface area contributed by atoms with Crippen LogP contribution in [-0.4, -0.2) is 39.8 Å². The predicted molar refractivity (Wildman–Crippen MR) is 118 cm³/mol. The minimum absolute atomic E-state index is 0.223. The van der Waals surface area contributed by atoms with Crippen molar-refractivity contribution in [2.24, 2.45) is 5.92 Å². The number of carbonyl (C=O) groups is 1. The first-order valence-electron chi connectivity index (χ1n) is 10.2. The molecule has 0 amide bonds. The lowest BCUT2D eigenvalue weighted by atomic mass is 9.86. The maximum Gasteiger partial charge on any atom is 0.272 e. The van der Waals surface area contributed by atoms with E-state index in [2.05, 4.69) is 65.6 Å². The number of benzene rings is 2. The third kappa shape index (κ3) is 6.20. The highest BCUT2D eigenvalue weighted by molar-refractivity contribution is 7.97. The van der Waals surface area contributed by atoms with Crippen LogP contribution < -0.4 is 0 Å². The van der Waals surface area contributed by atoms with Gasteiger partial charge in [-0.3, -0.25) is 9.69 Å². The van der Waals surface area contributed by atoms with Gasteiger partial charge >= 0.3 is 0 Å². The molecule has 2 unspecified atom stereocenters. The van der Waals surface area contributed by atoms with Crippen LogP contribution in [0.25, 0.3) is 0 Å². The fourth-order valence-corrected chi connectivity index (χ4v) is 5.66. The molecule has 0 bridgehead atoms. The molecule has 3 nitrogen and oxygen atoms in total. The summed E-state index contributed by atoms with van der Waals surface area (Å²) >= 11 is 0. The monoisotopic (exact) mass is 398 g/mol. The molecule has 1 aliphatic carbocycles. The lowest BCUT2D eigenvalue weighted by Gasteiger charge is -2.37. The Morgan fingerprint density at radius 1 is 0.964 bits per heavy atom. The van der Waals surface area contributed by atoms with Crippen molar-refractivity contribution in [1.29, 1.82) is 0 Å². The van der Waals surface area contributed by atoms with E-state index in [1.54, 1.807) is 0 Å². The van der Waals surface area contributed by atoms with Crippen LogP contribution in [0.4, 0.5) is 0 Å². The van der Waals surface area contributed by atoms with Gasteiger partial charge in [-0.05, 0) is 36.8 Å². The minimum atomic E-state index is -0.787. The second kappa shape index (κ2) is 10.8. The molecule has 1 saturated carbocycles.